The second-order valence-electron chi connectivity index (χ2n) is 4.08. The summed E-state index contributed by atoms with van der Waals surface area (Å²) in [6.07, 6.45) is 1.00. The molecule has 0 saturated heterocycles. The summed E-state index contributed by atoms with van der Waals surface area (Å²) < 4.78 is 29.7. The van der Waals surface area contributed by atoms with E-state index in [1.807, 2.05) is 0 Å². The molecule has 0 heterocycles. The molecule has 0 aromatic heterocycles. The predicted octanol–water partition coefficient (Wildman–Crippen LogP) is 1.32. The summed E-state index contributed by atoms with van der Waals surface area (Å²) in [6.45, 7) is 2.57. The summed E-state index contributed by atoms with van der Waals surface area (Å²) in [6, 6.07) is 4.52. The number of ketones is 1. The van der Waals surface area contributed by atoms with Crippen LogP contribution in [0.1, 0.15) is 29.8 Å². The minimum atomic E-state index is -3.48. The van der Waals surface area contributed by atoms with Crippen molar-refractivity contribution in [2.24, 2.45) is 0 Å². The average Bonchev–Trinajstić information content (AvgIpc) is 2.24. The number of anilines is 1. The SMILES string of the molecule is CC(=O)OCc1ccc(C(C)=O)cc1NS(C)(=O)=O. The molecule has 0 aliphatic rings. The molecule has 104 valence electrons. The Balaban J connectivity index is 3.14. The lowest BCUT2D eigenvalue weighted by Gasteiger charge is -2.12. The zero-order valence-electron chi connectivity index (χ0n) is 10.9. The van der Waals surface area contributed by atoms with Crippen molar-refractivity contribution in [3.8, 4) is 0 Å². The van der Waals surface area contributed by atoms with Gasteiger partial charge in [-0.1, -0.05) is 12.1 Å². The largest absolute Gasteiger partial charge is 0.461 e. The third kappa shape index (κ3) is 5.09. The lowest BCUT2D eigenvalue weighted by atomic mass is 10.1. The molecule has 7 heteroatoms. The standard InChI is InChI=1S/C12H15NO5S/c1-8(14)10-4-5-11(7-18-9(2)15)12(6-10)13-19(3,16)17/h4-6,13H,7H2,1-3H3. The molecule has 19 heavy (non-hydrogen) atoms. The first-order valence-corrected chi connectivity index (χ1v) is 7.33. The number of nitrogens with one attached hydrogen (secondary N) is 1. The number of carbonyl (C=O) groups excluding carboxylic acids is 2. The Morgan fingerprint density at radius 1 is 1.26 bits per heavy atom. The minimum Gasteiger partial charge on any atom is -0.461 e. The number of hydrogen-bond acceptors (Lipinski definition) is 5. The number of hydrogen-bond donors (Lipinski definition) is 1. The first-order chi connectivity index (χ1) is 8.69. The van der Waals surface area contributed by atoms with Gasteiger partial charge in [-0.2, -0.15) is 0 Å². The Bertz CT molecular complexity index is 607. The van der Waals surface area contributed by atoms with Gasteiger partial charge in [0.25, 0.3) is 0 Å². The Morgan fingerprint density at radius 2 is 1.89 bits per heavy atom. The Hall–Kier alpha value is -1.89. The molecule has 0 spiro atoms. The molecule has 0 unspecified atom stereocenters. The van der Waals surface area contributed by atoms with Gasteiger partial charge in [0.15, 0.2) is 5.78 Å². The van der Waals surface area contributed by atoms with E-state index in [0.29, 0.717) is 11.1 Å². The highest BCUT2D eigenvalue weighted by Gasteiger charge is 2.11. The van der Waals surface area contributed by atoms with Gasteiger partial charge < -0.3 is 4.74 Å². The second-order valence-corrected chi connectivity index (χ2v) is 5.83. The molecule has 0 aliphatic carbocycles. The molecule has 0 bridgehead atoms. The van der Waals surface area contributed by atoms with Crippen molar-refractivity contribution < 1.29 is 22.7 Å². The maximum atomic E-state index is 11.3. The molecule has 0 atom stereocenters. The number of carbonyl (C=O) groups is 2. The Kier molecular flexibility index (Phi) is 4.66. The van der Waals surface area contributed by atoms with Crippen molar-refractivity contribution in [3.05, 3.63) is 29.3 Å². The van der Waals surface area contributed by atoms with E-state index in [0.717, 1.165) is 6.26 Å². The van der Waals surface area contributed by atoms with Crippen molar-refractivity contribution in [1.82, 2.24) is 0 Å². The number of benzene rings is 1. The number of esters is 1. The fourth-order valence-electron chi connectivity index (χ4n) is 1.40. The molecule has 0 aliphatic heterocycles. The quantitative estimate of drug-likeness (QED) is 0.651. The van der Waals surface area contributed by atoms with Gasteiger partial charge in [-0.25, -0.2) is 8.42 Å². The molecule has 1 aromatic carbocycles. The summed E-state index contributed by atoms with van der Waals surface area (Å²) in [5.74, 6) is -0.656. The topological polar surface area (TPSA) is 89.5 Å². The Labute approximate surface area is 111 Å². The molecular formula is C12H15NO5S. The van der Waals surface area contributed by atoms with Gasteiger partial charge in [0.2, 0.25) is 10.0 Å². The summed E-state index contributed by atoms with van der Waals surface area (Å²) >= 11 is 0. The van der Waals surface area contributed by atoms with E-state index in [9.17, 15) is 18.0 Å². The highest BCUT2D eigenvalue weighted by Crippen LogP contribution is 2.20. The van der Waals surface area contributed by atoms with Gasteiger partial charge in [-0.05, 0) is 13.0 Å². The third-order valence-corrected chi connectivity index (χ3v) is 2.83. The molecule has 6 nitrogen and oxygen atoms in total. The summed E-state index contributed by atoms with van der Waals surface area (Å²) in [5, 5.41) is 0. The summed E-state index contributed by atoms with van der Waals surface area (Å²) in [7, 11) is -3.48. The van der Waals surface area contributed by atoms with Crippen LogP contribution in [0.4, 0.5) is 5.69 Å². The van der Waals surface area contributed by atoms with E-state index in [1.165, 1.54) is 19.9 Å². The zero-order chi connectivity index (χ0) is 14.6. The molecular weight excluding hydrogens is 270 g/mol. The van der Waals surface area contributed by atoms with Crippen molar-refractivity contribution in [3.63, 3.8) is 0 Å². The summed E-state index contributed by atoms with van der Waals surface area (Å²) in [4.78, 5) is 22.1. The van der Waals surface area contributed by atoms with Crippen LogP contribution in [0.5, 0.6) is 0 Å². The number of rotatable bonds is 5. The monoisotopic (exact) mass is 285 g/mol. The van der Waals surface area contributed by atoms with Crippen LogP contribution >= 0.6 is 0 Å². The average molecular weight is 285 g/mol. The van der Waals surface area contributed by atoms with Crippen LogP contribution in [-0.4, -0.2) is 26.4 Å². The van der Waals surface area contributed by atoms with Crippen molar-refractivity contribution >= 4 is 27.5 Å². The van der Waals surface area contributed by atoms with Crippen LogP contribution in [-0.2, 0) is 26.2 Å². The van der Waals surface area contributed by atoms with Crippen LogP contribution in [0.15, 0.2) is 18.2 Å². The lowest BCUT2D eigenvalue weighted by molar-refractivity contribution is -0.142. The van der Waals surface area contributed by atoms with Crippen LogP contribution in [0.25, 0.3) is 0 Å². The molecule has 0 radical (unpaired) electrons. The van der Waals surface area contributed by atoms with Crippen LogP contribution in [0.3, 0.4) is 0 Å². The smallest absolute Gasteiger partial charge is 0.302 e. The maximum Gasteiger partial charge on any atom is 0.302 e. The normalized spacial score (nSPS) is 10.9. The third-order valence-electron chi connectivity index (χ3n) is 2.24. The van der Waals surface area contributed by atoms with Crippen molar-refractivity contribution in [1.29, 1.82) is 0 Å². The van der Waals surface area contributed by atoms with E-state index in [2.05, 4.69) is 4.72 Å². The van der Waals surface area contributed by atoms with Gasteiger partial charge in [0.05, 0.1) is 11.9 Å². The van der Waals surface area contributed by atoms with Gasteiger partial charge >= 0.3 is 5.97 Å². The van der Waals surface area contributed by atoms with E-state index in [4.69, 9.17) is 4.74 Å². The van der Waals surface area contributed by atoms with Crippen LogP contribution in [0.2, 0.25) is 0 Å². The van der Waals surface area contributed by atoms with Gasteiger partial charge in [0.1, 0.15) is 6.61 Å². The second kappa shape index (κ2) is 5.83. The fraction of sp³-hybridized carbons (Fsp3) is 0.333. The molecule has 1 aromatic rings. The van der Waals surface area contributed by atoms with E-state index < -0.39 is 16.0 Å². The molecule has 0 fully saturated rings. The van der Waals surface area contributed by atoms with E-state index in [1.54, 1.807) is 12.1 Å². The van der Waals surface area contributed by atoms with Gasteiger partial charge in [-0.15, -0.1) is 0 Å². The Morgan fingerprint density at radius 3 is 2.37 bits per heavy atom. The first kappa shape index (κ1) is 15.2. The zero-order valence-corrected chi connectivity index (χ0v) is 11.7. The number of ether oxygens (including phenoxy) is 1. The van der Waals surface area contributed by atoms with Crippen molar-refractivity contribution in [2.75, 3.05) is 11.0 Å². The number of sulfonamides is 1. The van der Waals surface area contributed by atoms with Crippen LogP contribution in [0, 0.1) is 0 Å². The van der Waals surface area contributed by atoms with Crippen molar-refractivity contribution in [2.45, 2.75) is 20.5 Å². The van der Waals surface area contributed by atoms with Gasteiger partial charge in [0, 0.05) is 18.1 Å². The molecule has 1 N–H and O–H groups in total. The van der Waals surface area contributed by atoms with E-state index in [-0.39, 0.29) is 18.1 Å². The van der Waals surface area contributed by atoms with Gasteiger partial charge in [-0.3, -0.25) is 14.3 Å². The predicted molar refractivity (Wildman–Crippen MR) is 70.4 cm³/mol. The molecule has 1 rings (SSSR count). The van der Waals surface area contributed by atoms with E-state index >= 15 is 0 Å². The molecule has 0 saturated carbocycles. The maximum absolute atomic E-state index is 11.3. The van der Waals surface area contributed by atoms with Crippen LogP contribution < -0.4 is 4.72 Å². The lowest BCUT2D eigenvalue weighted by Crippen LogP contribution is -2.13. The highest BCUT2D eigenvalue weighted by molar-refractivity contribution is 7.92. The fourth-order valence-corrected chi connectivity index (χ4v) is 1.98. The molecule has 0 amide bonds. The minimum absolute atomic E-state index is 0.0641. The highest BCUT2D eigenvalue weighted by atomic mass is 32.2. The first-order valence-electron chi connectivity index (χ1n) is 5.44. The summed E-state index contributed by atoms with van der Waals surface area (Å²) in [5.41, 5.74) is 1.08. The number of Topliss-reactive ketones (excluding diaryl/α,β-unsaturated/α-hetero) is 1.